The van der Waals surface area contributed by atoms with Gasteiger partial charge in [-0.15, -0.1) is 0 Å². The number of methoxy groups -OCH3 is 1. The fraction of sp³-hybridized carbons (Fsp3) is 0.0769. The number of phenols is 1. The Kier molecular flexibility index (Phi) is 8.04. The van der Waals surface area contributed by atoms with Gasteiger partial charge in [0.25, 0.3) is 5.91 Å². The lowest BCUT2D eigenvalue weighted by Gasteiger charge is -2.16. The number of ether oxygens (including phenoxy) is 1. The van der Waals surface area contributed by atoms with Crippen molar-refractivity contribution in [2.24, 2.45) is 0 Å². The first-order valence-corrected chi connectivity index (χ1v) is 10.8. The van der Waals surface area contributed by atoms with E-state index in [9.17, 15) is 29.4 Å². The number of phenolic OH excluding ortho intramolecular Hbond substituents is 1. The predicted octanol–water partition coefficient (Wildman–Crippen LogP) is 3.77. The Balaban J connectivity index is 1.96. The minimum atomic E-state index is -1.39. The van der Waals surface area contributed by atoms with Crippen LogP contribution in [-0.2, 0) is 14.3 Å². The summed E-state index contributed by atoms with van der Waals surface area (Å²) in [6.07, 6.45) is -0.660. The maximum Gasteiger partial charge on any atom is 0.411 e. The van der Waals surface area contributed by atoms with Crippen LogP contribution in [0.2, 0.25) is 0 Å². The molecule has 38 heavy (non-hydrogen) atoms. The summed E-state index contributed by atoms with van der Waals surface area (Å²) < 4.78 is 4.54. The second-order valence-corrected chi connectivity index (χ2v) is 7.80. The molecule has 0 saturated carbocycles. The molecule has 0 saturated heterocycles. The fourth-order valence-corrected chi connectivity index (χ4v) is 3.43. The van der Waals surface area contributed by atoms with Crippen molar-refractivity contribution in [1.82, 2.24) is 0 Å². The first-order valence-electron chi connectivity index (χ1n) is 10.8. The summed E-state index contributed by atoms with van der Waals surface area (Å²) >= 11 is 0. The fourth-order valence-electron chi connectivity index (χ4n) is 3.43. The van der Waals surface area contributed by atoms with E-state index in [1.54, 1.807) is 30.3 Å². The van der Waals surface area contributed by atoms with E-state index in [4.69, 9.17) is 10.7 Å². The zero-order chi connectivity index (χ0) is 28.0. The highest BCUT2D eigenvalue weighted by Crippen LogP contribution is 2.35. The van der Waals surface area contributed by atoms with Crippen molar-refractivity contribution in [3.63, 3.8) is 0 Å². The number of rotatable bonds is 7. The number of hydrogen-bond donors (Lipinski definition) is 6. The molecule has 0 aliphatic rings. The number of nitriles is 1. The summed E-state index contributed by atoms with van der Waals surface area (Å²) in [4.78, 5) is 47.6. The number of carboxylic acid groups (broad SMARTS) is 1. The molecule has 0 aliphatic heterocycles. The van der Waals surface area contributed by atoms with Crippen molar-refractivity contribution in [2.45, 2.75) is 6.92 Å². The molecule has 192 valence electrons. The molecular formula is C26H21N5O7. The van der Waals surface area contributed by atoms with Crippen LogP contribution < -0.4 is 16.0 Å². The molecule has 6 N–H and O–H groups in total. The van der Waals surface area contributed by atoms with Crippen LogP contribution in [0.3, 0.4) is 0 Å². The van der Waals surface area contributed by atoms with Gasteiger partial charge in [-0.2, -0.15) is 5.26 Å². The van der Waals surface area contributed by atoms with Gasteiger partial charge in [-0.3, -0.25) is 20.3 Å². The number of aromatic hydroxyl groups is 1. The van der Waals surface area contributed by atoms with Crippen LogP contribution in [0.1, 0.15) is 28.4 Å². The van der Waals surface area contributed by atoms with E-state index >= 15 is 0 Å². The van der Waals surface area contributed by atoms with E-state index in [1.807, 2.05) is 0 Å². The summed E-state index contributed by atoms with van der Waals surface area (Å²) in [6.45, 7) is 1.26. The van der Waals surface area contributed by atoms with Gasteiger partial charge < -0.3 is 25.6 Å². The first-order chi connectivity index (χ1) is 18.0. The summed E-state index contributed by atoms with van der Waals surface area (Å²) in [7, 11) is 1.22. The summed E-state index contributed by atoms with van der Waals surface area (Å²) in [6, 6.07) is 14.3. The lowest BCUT2D eigenvalue weighted by molar-refractivity contribution is -0.114. The van der Waals surface area contributed by atoms with E-state index in [0.29, 0.717) is 16.8 Å². The number of aromatic carboxylic acids is 1. The number of amides is 3. The van der Waals surface area contributed by atoms with Gasteiger partial charge in [-0.05, 0) is 48.0 Å². The Morgan fingerprint density at radius 3 is 2.18 bits per heavy atom. The van der Waals surface area contributed by atoms with Gasteiger partial charge in [0.2, 0.25) is 5.91 Å². The molecule has 0 unspecified atom stereocenters. The van der Waals surface area contributed by atoms with Crippen molar-refractivity contribution in [1.29, 1.82) is 10.7 Å². The lowest BCUT2D eigenvalue weighted by atomic mass is 9.97. The molecule has 12 heteroatoms. The van der Waals surface area contributed by atoms with Crippen LogP contribution >= 0.6 is 0 Å². The third kappa shape index (κ3) is 6.10. The quantitative estimate of drug-likeness (QED) is 0.201. The molecule has 0 radical (unpaired) electrons. The van der Waals surface area contributed by atoms with E-state index in [0.717, 1.165) is 6.07 Å². The smallest absolute Gasteiger partial charge is 0.411 e. The average molecular weight is 515 g/mol. The molecule has 0 aliphatic carbocycles. The van der Waals surface area contributed by atoms with Crippen molar-refractivity contribution < 1.29 is 34.1 Å². The molecule has 3 amide bonds. The van der Waals surface area contributed by atoms with Crippen molar-refractivity contribution in [3.8, 4) is 22.9 Å². The molecule has 0 spiro atoms. The number of carbonyl (C=O) groups is 4. The Morgan fingerprint density at radius 1 is 0.921 bits per heavy atom. The largest absolute Gasteiger partial charge is 0.507 e. The van der Waals surface area contributed by atoms with Gasteiger partial charge in [0, 0.05) is 29.4 Å². The monoisotopic (exact) mass is 515 g/mol. The standard InChI is InChI=1S/C26H21N5O7/c1-13(32)29-21-10-19(22(33)11-17(21)15-4-6-16(7-5-15)30-26(37)38-2)23(28)24(34)31-20-8-3-14(12-27)9-18(20)25(35)36/h3-11,28,33H,1-2H3,(H,29,32)(H,30,37)(H,31,34)(H,35,36). The number of hydrogen-bond acceptors (Lipinski definition) is 8. The summed E-state index contributed by atoms with van der Waals surface area (Å²) in [5.74, 6) is -3.33. The molecule has 3 rings (SSSR count). The summed E-state index contributed by atoms with van der Waals surface area (Å²) in [5, 5.41) is 44.8. The number of nitrogens with zero attached hydrogens (tertiary/aromatic N) is 1. The van der Waals surface area contributed by atoms with Crippen LogP contribution in [-0.4, -0.2) is 46.9 Å². The number of carbonyl (C=O) groups excluding carboxylic acids is 3. The second-order valence-electron chi connectivity index (χ2n) is 7.80. The Labute approximate surface area is 216 Å². The normalized spacial score (nSPS) is 10.0. The van der Waals surface area contributed by atoms with Crippen LogP contribution in [0, 0.1) is 16.7 Å². The van der Waals surface area contributed by atoms with Gasteiger partial charge in [-0.1, -0.05) is 12.1 Å². The number of anilines is 3. The third-order valence-corrected chi connectivity index (χ3v) is 5.20. The molecule has 0 atom stereocenters. The number of nitrogens with one attached hydrogen (secondary N) is 4. The first kappa shape index (κ1) is 26.9. The van der Waals surface area contributed by atoms with Gasteiger partial charge in [0.1, 0.15) is 11.5 Å². The maximum absolute atomic E-state index is 12.8. The Hall–Kier alpha value is -5.70. The zero-order valence-electron chi connectivity index (χ0n) is 20.1. The second kappa shape index (κ2) is 11.4. The minimum Gasteiger partial charge on any atom is -0.507 e. The highest BCUT2D eigenvalue weighted by atomic mass is 16.5. The number of carboxylic acids is 1. The van der Waals surface area contributed by atoms with Crippen molar-refractivity contribution in [3.05, 3.63) is 71.3 Å². The molecule has 3 aromatic carbocycles. The van der Waals surface area contributed by atoms with E-state index in [1.165, 1.54) is 38.3 Å². The lowest BCUT2D eigenvalue weighted by Crippen LogP contribution is -2.24. The molecule has 0 heterocycles. The highest BCUT2D eigenvalue weighted by Gasteiger charge is 2.22. The van der Waals surface area contributed by atoms with Crippen molar-refractivity contribution >= 4 is 46.7 Å². The van der Waals surface area contributed by atoms with Crippen LogP contribution in [0.25, 0.3) is 11.1 Å². The maximum atomic E-state index is 12.8. The van der Waals surface area contributed by atoms with Gasteiger partial charge in [0.05, 0.1) is 30.0 Å². The van der Waals surface area contributed by atoms with Gasteiger partial charge in [0.15, 0.2) is 0 Å². The topological polar surface area (TPSA) is 202 Å². The van der Waals surface area contributed by atoms with E-state index < -0.39 is 35.3 Å². The Bertz CT molecular complexity index is 1510. The van der Waals surface area contributed by atoms with Crippen LogP contribution in [0.5, 0.6) is 5.75 Å². The third-order valence-electron chi connectivity index (χ3n) is 5.20. The van der Waals surface area contributed by atoms with E-state index in [-0.39, 0.29) is 28.1 Å². The minimum absolute atomic E-state index is 0.0674. The van der Waals surface area contributed by atoms with Crippen molar-refractivity contribution in [2.75, 3.05) is 23.1 Å². The summed E-state index contributed by atoms with van der Waals surface area (Å²) in [5.41, 5.74) is 0.135. The van der Waals surface area contributed by atoms with Crippen LogP contribution in [0.15, 0.2) is 54.6 Å². The molecular weight excluding hydrogens is 494 g/mol. The van der Waals surface area contributed by atoms with E-state index in [2.05, 4.69) is 20.7 Å². The zero-order valence-corrected chi connectivity index (χ0v) is 20.1. The molecule has 3 aromatic rings. The SMILES string of the molecule is COC(=O)Nc1ccc(-c2cc(O)c(C(=N)C(=O)Nc3ccc(C#N)cc3C(=O)O)cc2NC(C)=O)cc1. The Morgan fingerprint density at radius 2 is 1.61 bits per heavy atom. The average Bonchev–Trinajstić information content (AvgIpc) is 2.89. The molecule has 12 nitrogen and oxygen atoms in total. The molecule has 0 aromatic heterocycles. The van der Waals surface area contributed by atoms with Gasteiger partial charge in [-0.25, -0.2) is 9.59 Å². The predicted molar refractivity (Wildman–Crippen MR) is 137 cm³/mol. The number of benzene rings is 3. The van der Waals surface area contributed by atoms with Gasteiger partial charge >= 0.3 is 12.1 Å². The van der Waals surface area contributed by atoms with Crippen LogP contribution in [0.4, 0.5) is 21.9 Å². The molecule has 0 fully saturated rings. The molecule has 0 bridgehead atoms. The highest BCUT2D eigenvalue weighted by molar-refractivity contribution is 6.48.